The van der Waals surface area contributed by atoms with Gasteiger partial charge in [0.25, 0.3) is 0 Å². The first-order valence-electron chi connectivity index (χ1n) is 30.7. The van der Waals surface area contributed by atoms with Gasteiger partial charge in [-0.25, -0.2) is 29.5 Å². The summed E-state index contributed by atoms with van der Waals surface area (Å²) < 4.78 is 94.3. The highest BCUT2D eigenvalue weighted by Crippen LogP contribution is 2.42. The molecule has 23 heteroatoms. The van der Waals surface area contributed by atoms with E-state index in [0.717, 1.165) is 88.4 Å². The molecule has 4 atom stereocenters. The Labute approximate surface area is 520 Å². The van der Waals surface area contributed by atoms with Crippen molar-refractivity contribution < 1.29 is 50.2 Å². The number of H-pyrrole nitrogens is 4. The molecule has 4 aliphatic rings. The van der Waals surface area contributed by atoms with Gasteiger partial charge in [-0.15, -0.1) is 0 Å². The zero-order valence-electron chi connectivity index (χ0n) is 50.1. The number of methoxy groups -OCH3 is 1. The number of carbonyl (C=O) groups excluding carboxylic acids is 3. The average Bonchev–Trinajstić information content (AvgIpc) is 1.83. The van der Waals surface area contributed by atoms with Gasteiger partial charge in [-0.1, -0.05) is 140 Å². The molecule has 0 bridgehead atoms. The predicted molar refractivity (Wildman–Crippen MR) is 329 cm³/mol. The fraction of sp³-hybridized carbons (Fsp3) is 0.338. The van der Waals surface area contributed by atoms with Gasteiger partial charge in [-0.2, -0.15) is 26.3 Å². The standard InChI is InChI=1S/C35H33F3N6O2.C33H35F3N6O3/c36-35(37,38)31-30(42-32(43-31)27-8-4-18-39-27)26-16-12-24(13-17-26)23-10-14-25(15-11-23)28-20-40-33(41-28)29-9-5-19-44(29)34(45)46-21-22-6-2-1-3-7-22;1-19(38-32(44)45-2)31(43)42-17-5-8-26(42)30-40-27(28(41-30)33(34,35)36)23-15-11-21(12-16-23)20-9-13-22(14-10-20)25-18-37-29(39-25)24-6-3-4-7-24/h1-3,6-7,10-17,20,27,29,39H,4-5,8-9,18-19,21H2,(H,40,41)(H,42,43);9-16,18-19,24,26H,3-8,17H2,1-2H3,(H,37,39)(H,38,44)(H,40,41)/t27-,29-;19-,26-/m00/s1. The third-order valence-electron chi connectivity index (χ3n) is 17.5. The van der Waals surface area contributed by atoms with Crippen molar-refractivity contribution in [3.8, 4) is 67.3 Å². The van der Waals surface area contributed by atoms with Crippen LogP contribution in [0.2, 0.25) is 0 Å². The number of amides is 3. The lowest BCUT2D eigenvalue weighted by atomic mass is 10.0. The number of likely N-dealkylation sites (tertiary alicyclic amines) is 2. The monoisotopic (exact) mass is 1250 g/mol. The minimum atomic E-state index is -4.69. The van der Waals surface area contributed by atoms with Crippen molar-refractivity contribution in [1.82, 2.24) is 60.3 Å². The Kier molecular flexibility index (Phi) is 18.0. The molecule has 1 saturated carbocycles. The van der Waals surface area contributed by atoms with Gasteiger partial charge >= 0.3 is 24.5 Å². The summed E-state index contributed by atoms with van der Waals surface area (Å²) in [6.45, 7) is 3.44. The summed E-state index contributed by atoms with van der Waals surface area (Å²) in [6.07, 6.45) is 2.45. The number of benzene rings is 5. The topological polar surface area (TPSA) is 215 Å². The molecule has 472 valence electrons. The molecule has 17 nitrogen and oxygen atoms in total. The number of aromatic amines is 4. The predicted octanol–water partition coefficient (Wildman–Crippen LogP) is 15.3. The van der Waals surface area contributed by atoms with Crippen molar-refractivity contribution in [3.05, 3.63) is 180 Å². The molecule has 1 aliphatic carbocycles. The zero-order valence-corrected chi connectivity index (χ0v) is 50.1. The van der Waals surface area contributed by atoms with Gasteiger partial charge in [0.05, 0.1) is 49.0 Å². The second-order valence-electron chi connectivity index (χ2n) is 23.4. The molecule has 0 spiro atoms. The number of ether oxygens (including phenoxy) is 2. The number of aromatic nitrogens is 8. The molecule has 3 aliphatic heterocycles. The van der Waals surface area contributed by atoms with Gasteiger partial charge in [-0.05, 0) is 104 Å². The molecule has 3 amide bonds. The fourth-order valence-electron chi connectivity index (χ4n) is 12.7. The molecular formula is C68H68F6N12O5. The van der Waals surface area contributed by atoms with Crippen LogP contribution in [0.5, 0.6) is 0 Å². The summed E-state index contributed by atoms with van der Waals surface area (Å²) in [5.41, 5.74) is 6.85. The van der Waals surface area contributed by atoms with Crippen molar-refractivity contribution in [1.29, 1.82) is 0 Å². The van der Waals surface area contributed by atoms with Crippen LogP contribution in [-0.2, 0) is 33.2 Å². The summed E-state index contributed by atoms with van der Waals surface area (Å²) in [5.74, 6) is 2.21. The van der Waals surface area contributed by atoms with Crippen LogP contribution in [0.25, 0.3) is 67.3 Å². The van der Waals surface area contributed by atoms with E-state index < -0.39 is 47.8 Å². The van der Waals surface area contributed by atoms with E-state index in [0.29, 0.717) is 54.6 Å². The van der Waals surface area contributed by atoms with Crippen LogP contribution in [0, 0.1) is 0 Å². The Balaban J connectivity index is 0.000000176. The van der Waals surface area contributed by atoms with E-state index >= 15 is 0 Å². The van der Waals surface area contributed by atoms with E-state index in [2.05, 4.69) is 55.2 Å². The van der Waals surface area contributed by atoms with E-state index in [4.69, 9.17) is 4.74 Å². The lowest BCUT2D eigenvalue weighted by Crippen LogP contribution is -2.46. The highest BCUT2D eigenvalue weighted by atomic mass is 19.4. The number of alkyl carbamates (subject to hydrolysis) is 1. The highest BCUT2D eigenvalue weighted by molar-refractivity contribution is 5.86. The zero-order chi connectivity index (χ0) is 63.4. The first-order chi connectivity index (χ1) is 43.9. The second kappa shape index (κ2) is 26.5. The quantitative estimate of drug-likeness (QED) is 0.0566. The Morgan fingerprint density at radius 2 is 1.02 bits per heavy atom. The molecule has 91 heavy (non-hydrogen) atoms. The molecule has 9 aromatic rings. The van der Waals surface area contributed by atoms with E-state index in [1.165, 1.54) is 44.6 Å². The van der Waals surface area contributed by atoms with Crippen molar-refractivity contribution in [2.75, 3.05) is 26.7 Å². The van der Waals surface area contributed by atoms with E-state index in [9.17, 15) is 40.7 Å². The van der Waals surface area contributed by atoms with Crippen LogP contribution < -0.4 is 10.6 Å². The number of hydrogen-bond donors (Lipinski definition) is 6. The lowest BCUT2D eigenvalue weighted by molar-refractivity contribution is -0.141. The maximum Gasteiger partial charge on any atom is 0.433 e. The van der Waals surface area contributed by atoms with Crippen molar-refractivity contribution in [3.63, 3.8) is 0 Å². The normalized spacial score (nSPS) is 18.1. The number of carbonyl (C=O) groups is 3. The van der Waals surface area contributed by atoms with E-state index in [-0.39, 0.29) is 42.0 Å². The molecule has 7 heterocycles. The Morgan fingerprint density at radius 1 is 0.549 bits per heavy atom. The van der Waals surface area contributed by atoms with Crippen LogP contribution in [0.15, 0.2) is 140 Å². The van der Waals surface area contributed by atoms with Crippen LogP contribution in [-0.4, -0.2) is 101 Å². The van der Waals surface area contributed by atoms with Crippen LogP contribution in [0.1, 0.15) is 135 Å². The number of alkyl halides is 6. The first kappa shape index (κ1) is 61.7. The Morgan fingerprint density at radius 3 is 1.54 bits per heavy atom. The molecule has 0 unspecified atom stereocenters. The van der Waals surface area contributed by atoms with E-state index in [1.807, 2.05) is 97.2 Å². The summed E-state index contributed by atoms with van der Waals surface area (Å²) in [5, 5.41) is 5.63. The van der Waals surface area contributed by atoms with E-state index in [1.54, 1.807) is 47.5 Å². The fourth-order valence-corrected chi connectivity index (χ4v) is 12.7. The minimum Gasteiger partial charge on any atom is -0.453 e. The van der Waals surface area contributed by atoms with Crippen LogP contribution in [0.4, 0.5) is 35.9 Å². The maximum atomic E-state index is 14.2. The van der Waals surface area contributed by atoms with Crippen LogP contribution in [0.3, 0.4) is 0 Å². The molecule has 6 N–H and O–H groups in total. The summed E-state index contributed by atoms with van der Waals surface area (Å²) in [7, 11) is 1.19. The van der Waals surface area contributed by atoms with Gasteiger partial charge in [0.2, 0.25) is 5.91 Å². The van der Waals surface area contributed by atoms with Gasteiger partial charge in [0.15, 0.2) is 0 Å². The lowest BCUT2D eigenvalue weighted by Gasteiger charge is -2.26. The summed E-state index contributed by atoms with van der Waals surface area (Å²) >= 11 is 0. The Bertz CT molecular complexity index is 3960. The Hall–Kier alpha value is -9.51. The average molecular weight is 1250 g/mol. The number of nitrogens with zero attached hydrogens (tertiary/aromatic N) is 6. The molecule has 5 aromatic carbocycles. The molecule has 3 saturated heterocycles. The third kappa shape index (κ3) is 13.8. The largest absolute Gasteiger partial charge is 0.453 e. The van der Waals surface area contributed by atoms with Gasteiger partial charge < -0.3 is 44.9 Å². The van der Waals surface area contributed by atoms with Crippen molar-refractivity contribution >= 4 is 18.1 Å². The molecular weight excluding hydrogens is 1180 g/mol. The second-order valence-corrected chi connectivity index (χ2v) is 23.4. The van der Waals surface area contributed by atoms with Gasteiger partial charge in [-0.3, -0.25) is 9.69 Å². The number of nitrogens with one attached hydrogen (secondary N) is 6. The smallest absolute Gasteiger partial charge is 0.433 e. The number of imidazole rings is 4. The molecule has 4 aromatic heterocycles. The summed E-state index contributed by atoms with van der Waals surface area (Å²) in [6, 6.07) is 37.3. The minimum absolute atomic E-state index is 0.0583. The molecule has 13 rings (SSSR count). The van der Waals surface area contributed by atoms with Gasteiger partial charge in [0.1, 0.15) is 58.7 Å². The SMILES string of the molecule is COC(=O)N[C@@H](C)C(=O)N1CCC[C@H]1c1nc(-c2ccc(-c3ccc(-c4cnc(C5CCCC5)[nH]4)cc3)cc2)c(C(F)(F)F)[nH]1.O=C(OCc1ccccc1)N1CCC[C@H]1c1ncc(-c2ccc(-c3ccc(-c4nc([C@@H]5CCCN5)[nH]c4C(F)(F)F)cc3)cc2)[nH]1. The van der Waals surface area contributed by atoms with Crippen molar-refractivity contribution in [2.24, 2.45) is 0 Å². The number of hydrogen-bond acceptors (Lipinski definition) is 10. The van der Waals surface area contributed by atoms with Crippen molar-refractivity contribution in [2.45, 2.75) is 120 Å². The first-order valence-corrected chi connectivity index (χ1v) is 30.7. The maximum absolute atomic E-state index is 14.2. The van der Waals surface area contributed by atoms with Crippen LogP contribution >= 0.6 is 0 Å². The third-order valence-corrected chi connectivity index (χ3v) is 17.5. The summed E-state index contributed by atoms with van der Waals surface area (Å²) in [4.78, 5) is 70.5. The number of rotatable bonds is 14. The highest BCUT2D eigenvalue weighted by Gasteiger charge is 2.42. The molecule has 4 fully saturated rings. The number of halogens is 6. The molecule has 0 radical (unpaired) electrons. The van der Waals surface area contributed by atoms with Gasteiger partial charge in [0, 0.05) is 30.1 Å².